The molecule has 7 heteroatoms. The third kappa shape index (κ3) is 4.47. The molecular weight excluding hydrogens is 398 g/mol. The highest BCUT2D eigenvalue weighted by Crippen LogP contribution is 2.38. The van der Waals surface area contributed by atoms with Crippen LogP contribution in [-0.2, 0) is 12.7 Å². The van der Waals surface area contributed by atoms with E-state index in [1.165, 1.54) is 6.07 Å². The first kappa shape index (κ1) is 21.3. The molecule has 0 radical (unpaired) electrons. The molecule has 0 bridgehead atoms. The quantitative estimate of drug-likeness (QED) is 0.500. The van der Waals surface area contributed by atoms with E-state index in [4.69, 9.17) is 23.2 Å². The molecule has 0 unspecified atom stereocenters. The molecule has 0 saturated heterocycles. The number of benzene rings is 2. The molecule has 0 aliphatic rings. The smallest absolute Gasteiger partial charge is 0.369 e. The summed E-state index contributed by atoms with van der Waals surface area (Å²) in [6, 6.07) is 5.28. The summed E-state index contributed by atoms with van der Waals surface area (Å²) in [6.07, 6.45) is -3.82. The van der Waals surface area contributed by atoms with Crippen molar-refractivity contribution in [2.24, 2.45) is 0 Å². The van der Waals surface area contributed by atoms with Gasteiger partial charge in [0.1, 0.15) is 0 Å². The largest absolute Gasteiger partial charge is 0.416 e. The molecule has 0 heterocycles. The molecule has 2 rings (SSSR count). The Bertz CT molecular complexity index is 907. The van der Waals surface area contributed by atoms with Gasteiger partial charge in [-0.2, -0.15) is 13.2 Å². The predicted octanol–water partition coefficient (Wildman–Crippen LogP) is 6.80. The summed E-state index contributed by atoms with van der Waals surface area (Å²) >= 11 is 12.5. The van der Waals surface area contributed by atoms with Crippen LogP contribution in [0.15, 0.2) is 30.8 Å². The van der Waals surface area contributed by atoms with Crippen LogP contribution in [0.25, 0.3) is 5.57 Å². The Morgan fingerprint density at radius 2 is 1.89 bits per heavy atom. The maximum atomic E-state index is 13.2. The van der Waals surface area contributed by atoms with E-state index in [0.717, 1.165) is 12.1 Å². The normalized spacial score (nSPS) is 11.4. The number of carbonyl (C=O) groups excluding carboxylic acids is 1. The van der Waals surface area contributed by atoms with Crippen LogP contribution in [0.5, 0.6) is 0 Å². The van der Waals surface area contributed by atoms with Crippen molar-refractivity contribution >= 4 is 40.7 Å². The number of halogens is 5. The van der Waals surface area contributed by atoms with Gasteiger partial charge in [-0.1, -0.05) is 29.8 Å². The van der Waals surface area contributed by atoms with Gasteiger partial charge in [-0.15, -0.1) is 0 Å². The molecule has 0 amide bonds. The van der Waals surface area contributed by atoms with Crippen molar-refractivity contribution in [1.82, 2.24) is 0 Å². The molecule has 27 heavy (non-hydrogen) atoms. The monoisotopic (exact) mass is 415 g/mol. The third-order valence-corrected chi connectivity index (χ3v) is 5.01. The first-order valence-electron chi connectivity index (χ1n) is 7.98. The number of anilines is 1. The zero-order valence-electron chi connectivity index (χ0n) is 15.0. The minimum Gasteiger partial charge on any atom is -0.369 e. The summed E-state index contributed by atoms with van der Waals surface area (Å²) in [7, 11) is 1.72. The number of rotatable bonds is 5. The highest BCUT2D eigenvalue weighted by Gasteiger charge is 2.32. The number of nitrogens with zero attached hydrogens (tertiary/aromatic N) is 1. The lowest BCUT2D eigenvalue weighted by Gasteiger charge is -2.27. The molecule has 144 valence electrons. The van der Waals surface area contributed by atoms with Crippen LogP contribution in [0.4, 0.5) is 18.9 Å². The highest BCUT2D eigenvalue weighted by molar-refractivity contribution is 6.37. The maximum Gasteiger partial charge on any atom is 0.416 e. The minimum absolute atomic E-state index is 0.214. The van der Waals surface area contributed by atoms with Gasteiger partial charge in [0, 0.05) is 41.0 Å². The first-order valence-corrected chi connectivity index (χ1v) is 8.73. The molecule has 0 aliphatic carbocycles. The Hall–Kier alpha value is -1.98. The van der Waals surface area contributed by atoms with E-state index < -0.39 is 11.7 Å². The summed E-state index contributed by atoms with van der Waals surface area (Å²) in [6.45, 7) is 7.29. The molecule has 0 spiro atoms. The number of allylic oxidation sites excluding steroid dienone is 1. The van der Waals surface area contributed by atoms with Crippen molar-refractivity contribution in [3.05, 3.63) is 68.7 Å². The topological polar surface area (TPSA) is 20.3 Å². The van der Waals surface area contributed by atoms with Gasteiger partial charge in [0.2, 0.25) is 0 Å². The average Bonchev–Trinajstić information content (AvgIpc) is 2.56. The molecule has 0 aliphatic heterocycles. The van der Waals surface area contributed by atoms with Crippen molar-refractivity contribution in [3.8, 4) is 0 Å². The standard InChI is InChI=1S/C20H18Cl2F3NO/c1-11(2)15-8-14(20(23,24)25)7-12(3)19(15)26(4)9-16-17(21)6-5-13(10-27)18(16)22/h5-8,10H,1,9H2,2-4H3. The Labute approximate surface area is 166 Å². The highest BCUT2D eigenvalue weighted by atomic mass is 35.5. The lowest BCUT2D eigenvalue weighted by Crippen LogP contribution is -2.20. The van der Waals surface area contributed by atoms with Crippen molar-refractivity contribution in [2.75, 3.05) is 11.9 Å². The Morgan fingerprint density at radius 1 is 1.26 bits per heavy atom. The predicted molar refractivity (Wildman–Crippen MR) is 105 cm³/mol. The summed E-state index contributed by atoms with van der Waals surface area (Å²) in [5, 5.41) is 0.602. The van der Waals surface area contributed by atoms with Crippen molar-refractivity contribution in [2.45, 2.75) is 26.6 Å². The molecule has 0 N–H and O–H groups in total. The Morgan fingerprint density at radius 3 is 2.41 bits per heavy atom. The van der Waals surface area contributed by atoms with Gasteiger partial charge >= 0.3 is 6.18 Å². The molecule has 0 fully saturated rings. The van der Waals surface area contributed by atoms with Crippen LogP contribution < -0.4 is 4.90 Å². The fraction of sp³-hybridized carbons (Fsp3) is 0.250. The van der Waals surface area contributed by atoms with Gasteiger partial charge < -0.3 is 4.90 Å². The second kappa shape index (κ2) is 7.95. The van der Waals surface area contributed by atoms with Crippen LogP contribution in [0.2, 0.25) is 10.0 Å². The number of aldehydes is 1. The fourth-order valence-corrected chi connectivity index (χ4v) is 3.48. The lowest BCUT2D eigenvalue weighted by molar-refractivity contribution is -0.137. The molecule has 0 saturated carbocycles. The number of carbonyl (C=O) groups is 1. The van der Waals surface area contributed by atoms with Gasteiger partial charge in [0.15, 0.2) is 6.29 Å². The summed E-state index contributed by atoms with van der Waals surface area (Å²) in [5.74, 6) is 0. The van der Waals surface area contributed by atoms with Crippen molar-refractivity contribution < 1.29 is 18.0 Å². The van der Waals surface area contributed by atoms with E-state index in [9.17, 15) is 18.0 Å². The Kier molecular flexibility index (Phi) is 6.28. The minimum atomic E-state index is -4.45. The average molecular weight is 416 g/mol. The second-order valence-corrected chi connectivity index (χ2v) is 7.16. The molecule has 2 aromatic carbocycles. The molecule has 0 aromatic heterocycles. The number of aryl methyl sites for hydroxylation is 1. The third-order valence-electron chi connectivity index (χ3n) is 4.21. The van der Waals surface area contributed by atoms with Gasteiger partial charge in [0.05, 0.1) is 10.6 Å². The fourth-order valence-electron chi connectivity index (χ4n) is 2.94. The Balaban J connectivity index is 2.56. The number of hydrogen-bond donors (Lipinski definition) is 0. The summed E-state index contributed by atoms with van der Waals surface area (Å²) < 4.78 is 39.5. The van der Waals surface area contributed by atoms with Crippen LogP contribution in [0.3, 0.4) is 0 Å². The lowest BCUT2D eigenvalue weighted by atomic mass is 9.97. The van der Waals surface area contributed by atoms with Gasteiger partial charge in [-0.3, -0.25) is 4.79 Å². The SMILES string of the molecule is C=C(C)c1cc(C(F)(F)F)cc(C)c1N(C)Cc1c(Cl)ccc(C=O)c1Cl. The summed E-state index contributed by atoms with van der Waals surface area (Å²) in [5.41, 5.74) is 2.04. The van der Waals surface area contributed by atoms with E-state index in [1.54, 1.807) is 31.9 Å². The number of hydrogen-bond acceptors (Lipinski definition) is 2. The number of alkyl halides is 3. The zero-order valence-corrected chi connectivity index (χ0v) is 16.6. The molecule has 2 nitrogen and oxygen atoms in total. The van der Waals surface area contributed by atoms with E-state index in [0.29, 0.717) is 44.8 Å². The van der Waals surface area contributed by atoms with E-state index in [1.807, 2.05) is 0 Å². The molecule has 0 atom stereocenters. The van der Waals surface area contributed by atoms with E-state index in [2.05, 4.69) is 6.58 Å². The molecular formula is C20H18Cl2F3NO. The summed E-state index contributed by atoms with van der Waals surface area (Å²) in [4.78, 5) is 12.9. The zero-order chi connectivity index (χ0) is 20.5. The van der Waals surface area contributed by atoms with Gasteiger partial charge in [0.25, 0.3) is 0 Å². The van der Waals surface area contributed by atoms with E-state index in [-0.39, 0.29) is 11.6 Å². The maximum absolute atomic E-state index is 13.2. The van der Waals surface area contributed by atoms with Crippen molar-refractivity contribution in [3.63, 3.8) is 0 Å². The second-order valence-electron chi connectivity index (χ2n) is 6.37. The van der Waals surface area contributed by atoms with E-state index >= 15 is 0 Å². The van der Waals surface area contributed by atoms with Crippen LogP contribution >= 0.6 is 23.2 Å². The first-order chi connectivity index (χ1) is 12.5. The van der Waals surface area contributed by atoms with Crippen LogP contribution in [-0.4, -0.2) is 13.3 Å². The van der Waals surface area contributed by atoms with Crippen LogP contribution in [0.1, 0.15) is 39.5 Å². The van der Waals surface area contributed by atoms with Crippen molar-refractivity contribution in [1.29, 1.82) is 0 Å². The molecule has 2 aromatic rings. The van der Waals surface area contributed by atoms with Gasteiger partial charge in [-0.25, -0.2) is 0 Å². The van der Waals surface area contributed by atoms with Crippen LogP contribution in [0, 0.1) is 6.92 Å². The van der Waals surface area contributed by atoms with Gasteiger partial charge in [-0.05, 0) is 49.2 Å².